The lowest BCUT2D eigenvalue weighted by Gasteiger charge is -2.10. The number of nitrogens with one attached hydrogen (secondary N) is 1. The predicted molar refractivity (Wildman–Crippen MR) is 76.3 cm³/mol. The Morgan fingerprint density at radius 2 is 1.71 bits per heavy atom. The minimum Gasteiger partial charge on any atom is -0.460 e. The Balaban J connectivity index is 2.14. The minimum absolute atomic E-state index is 0.510. The van der Waals surface area contributed by atoms with Gasteiger partial charge in [-0.1, -0.05) is 13.8 Å². The number of esters is 1. The van der Waals surface area contributed by atoms with Crippen molar-refractivity contribution in [1.82, 2.24) is 5.48 Å². The molecule has 0 aliphatic heterocycles. The fraction of sp³-hybridized carbons (Fsp3) is 0.438. The van der Waals surface area contributed by atoms with Crippen LogP contribution in [0.4, 0.5) is 17.6 Å². The Morgan fingerprint density at radius 3 is 2.21 bits per heavy atom. The van der Waals surface area contributed by atoms with E-state index >= 15 is 0 Å². The van der Waals surface area contributed by atoms with Gasteiger partial charge in [-0.25, -0.2) is 17.6 Å². The van der Waals surface area contributed by atoms with Gasteiger partial charge in [-0.15, -0.1) is 0 Å². The molecule has 0 aromatic heterocycles. The molecule has 1 N–H and O–H groups in total. The van der Waals surface area contributed by atoms with Crippen LogP contribution in [0, 0.1) is 41.5 Å². The van der Waals surface area contributed by atoms with Crippen molar-refractivity contribution in [2.45, 2.75) is 27.4 Å². The topological polar surface area (TPSA) is 47.6 Å². The van der Waals surface area contributed by atoms with Crippen LogP contribution in [0.2, 0.25) is 0 Å². The molecule has 1 aromatic carbocycles. The first kappa shape index (κ1) is 18.3. The fourth-order valence-corrected chi connectivity index (χ4v) is 2.53. The van der Waals surface area contributed by atoms with Crippen molar-refractivity contribution in [3.05, 3.63) is 46.2 Å². The van der Waals surface area contributed by atoms with Gasteiger partial charge in [0, 0.05) is 17.2 Å². The second-order valence-corrected chi connectivity index (χ2v) is 6.04. The van der Waals surface area contributed by atoms with Crippen LogP contribution in [-0.2, 0) is 21.0 Å². The van der Waals surface area contributed by atoms with Gasteiger partial charge in [0.25, 0.3) is 0 Å². The fourth-order valence-electron chi connectivity index (χ4n) is 2.53. The van der Waals surface area contributed by atoms with Crippen molar-refractivity contribution in [2.75, 3.05) is 7.11 Å². The zero-order chi connectivity index (χ0) is 18.2. The molecule has 24 heavy (non-hydrogen) atoms. The molecular weight excluding hydrogens is 330 g/mol. The molecule has 1 atom stereocenters. The monoisotopic (exact) mass is 347 g/mol. The summed E-state index contributed by atoms with van der Waals surface area (Å²) in [5.74, 6) is -7.51. The maximum atomic E-state index is 13.8. The molecule has 0 saturated heterocycles. The van der Waals surface area contributed by atoms with Crippen molar-refractivity contribution >= 4 is 5.97 Å². The van der Waals surface area contributed by atoms with Crippen LogP contribution in [0.15, 0.2) is 11.8 Å². The van der Waals surface area contributed by atoms with Gasteiger partial charge in [-0.2, -0.15) is 0 Å². The molecule has 0 radical (unpaired) electrons. The Hall–Kier alpha value is -2.09. The second-order valence-electron chi connectivity index (χ2n) is 6.04. The molecule has 8 heteroatoms. The third-order valence-corrected chi connectivity index (χ3v) is 4.19. The molecular formula is C16H17F4NO3. The largest absolute Gasteiger partial charge is 0.460 e. The highest BCUT2D eigenvalue weighted by molar-refractivity contribution is 5.83. The number of halogens is 4. The summed E-state index contributed by atoms with van der Waals surface area (Å²) in [5, 5.41) is 0. The van der Waals surface area contributed by atoms with E-state index in [9.17, 15) is 22.4 Å². The van der Waals surface area contributed by atoms with E-state index in [1.165, 1.54) is 13.3 Å². The number of carbonyl (C=O) groups is 1. The maximum absolute atomic E-state index is 13.8. The summed E-state index contributed by atoms with van der Waals surface area (Å²) >= 11 is 0. The van der Waals surface area contributed by atoms with Crippen LogP contribution in [0.5, 0.6) is 0 Å². The van der Waals surface area contributed by atoms with E-state index in [4.69, 9.17) is 4.74 Å². The van der Waals surface area contributed by atoms with Crippen LogP contribution in [0.3, 0.4) is 0 Å². The number of hydroxylamine groups is 1. The summed E-state index contributed by atoms with van der Waals surface area (Å²) in [5.41, 5.74) is 0.922. The van der Waals surface area contributed by atoms with Crippen molar-refractivity contribution in [1.29, 1.82) is 0 Å². The normalized spacial score (nSPS) is 20.2. The van der Waals surface area contributed by atoms with Crippen LogP contribution in [0.1, 0.15) is 25.0 Å². The summed E-state index contributed by atoms with van der Waals surface area (Å²) < 4.78 is 59.4. The SMILES string of the molecule is CONC=C1[C@@H](C(=O)OCc2c(F)c(F)c(C)c(F)c2F)C1(C)C. The molecule has 0 spiro atoms. The third-order valence-electron chi connectivity index (χ3n) is 4.19. The van der Waals surface area contributed by atoms with Gasteiger partial charge in [-0.3, -0.25) is 15.1 Å². The van der Waals surface area contributed by atoms with Gasteiger partial charge in [-0.05, 0) is 12.5 Å². The average molecular weight is 347 g/mol. The highest BCUT2D eigenvalue weighted by Gasteiger charge is 2.58. The molecule has 4 nitrogen and oxygen atoms in total. The molecule has 1 saturated carbocycles. The van der Waals surface area contributed by atoms with E-state index in [2.05, 4.69) is 10.3 Å². The van der Waals surface area contributed by atoms with Gasteiger partial charge in [0.2, 0.25) is 0 Å². The number of benzene rings is 1. The first-order valence-electron chi connectivity index (χ1n) is 7.11. The molecule has 1 aromatic rings. The van der Waals surface area contributed by atoms with Crippen molar-refractivity contribution < 1.29 is 31.9 Å². The van der Waals surface area contributed by atoms with E-state index in [-0.39, 0.29) is 0 Å². The maximum Gasteiger partial charge on any atom is 0.314 e. The van der Waals surface area contributed by atoms with E-state index < -0.39 is 58.3 Å². The third kappa shape index (κ3) is 2.98. The smallest absolute Gasteiger partial charge is 0.314 e. The summed E-state index contributed by atoms with van der Waals surface area (Å²) in [6.07, 6.45) is 1.48. The Morgan fingerprint density at radius 1 is 1.17 bits per heavy atom. The van der Waals surface area contributed by atoms with E-state index in [0.717, 1.165) is 6.92 Å². The standard InChI is InChI=1S/C16H17F4NO3/c1-7-11(17)13(19)8(14(20)12(7)18)6-24-15(22)10-9(5-21-23-4)16(10,2)3/h5,10,21H,6H2,1-4H3/t10-/m0/s1. The number of hydrogen-bond acceptors (Lipinski definition) is 4. The highest BCUT2D eigenvalue weighted by atomic mass is 19.2. The van der Waals surface area contributed by atoms with E-state index in [1.54, 1.807) is 13.8 Å². The number of rotatable bonds is 5. The molecule has 2 rings (SSSR count). The molecule has 1 fully saturated rings. The highest BCUT2D eigenvalue weighted by Crippen LogP contribution is 2.58. The summed E-state index contributed by atoms with van der Waals surface area (Å²) in [6.45, 7) is 3.56. The molecule has 0 unspecified atom stereocenters. The van der Waals surface area contributed by atoms with Gasteiger partial charge < -0.3 is 4.74 Å². The molecule has 1 aliphatic rings. The zero-order valence-electron chi connectivity index (χ0n) is 13.6. The molecule has 0 bridgehead atoms. The van der Waals surface area contributed by atoms with Crippen LogP contribution in [0.25, 0.3) is 0 Å². The van der Waals surface area contributed by atoms with Crippen molar-refractivity contribution in [2.24, 2.45) is 11.3 Å². The predicted octanol–water partition coefficient (Wildman–Crippen LogP) is 3.29. The average Bonchev–Trinajstić information content (AvgIpc) is 3.09. The summed E-state index contributed by atoms with van der Waals surface area (Å²) in [6, 6.07) is 0. The number of hydrogen-bond donors (Lipinski definition) is 1. The molecule has 0 amide bonds. The van der Waals surface area contributed by atoms with Crippen LogP contribution in [-0.4, -0.2) is 13.1 Å². The van der Waals surface area contributed by atoms with Crippen molar-refractivity contribution in [3.63, 3.8) is 0 Å². The summed E-state index contributed by atoms with van der Waals surface area (Å²) in [7, 11) is 1.39. The Bertz CT molecular complexity index is 687. The van der Waals surface area contributed by atoms with Crippen LogP contribution >= 0.6 is 0 Å². The van der Waals surface area contributed by atoms with Gasteiger partial charge in [0.05, 0.1) is 18.6 Å². The quantitative estimate of drug-likeness (QED) is 0.384. The lowest BCUT2D eigenvalue weighted by atomic mass is 10.1. The van der Waals surface area contributed by atoms with Gasteiger partial charge >= 0.3 is 5.97 Å². The number of carbonyl (C=O) groups excluding carboxylic acids is 1. The Labute approximate surface area is 136 Å². The lowest BCUT2D eigenvalue weighted by Crippen LogP contribution is -2.14. The number of ether oxygens (including phenoxy) is 1. The van der Waals surface area contributed by atoms with Crippen molar-refractivity contribution in [3.8, 4) is 0 Å². The Kier molecular flexibility index (Phi) is 4.89. The van der Waals surface area contributed by atoms with E-state index in [1.807, 2.05) is 0 Å². The lowest BCUT2D eigenvalue weighted by molar-refractivity contribution is -0.147. The molecule has 0 heterocycles. The first-order valence-corrected chi connectivity index (χ1v) is 7.11. The molecule has 1 aliphatic carbocycles. The van der Waals surface area contributed by atoms with Gasteiger partial charge in [0.15, 0.2) is 23.3 Å². The first-order chi connectivity index (χ1) is 11.1. The minimum atomic E-state index is -1.56. The second kappa shape index (κ2) is 6.43. The summed E-state index contributed by atoms with van der Waals surface area (Å²) in [4.78, 5) is 16.7. The van der Waals surface area contributed by atoms with Crippen LogP contribution < -0.4 is 5.48 Å². The van der Waals surface area contributed by atoms with E-state index in [0.29, 0.717) is 5.57 Å². The zero-order valence-corrected chi connectivity index (χ0v) is 13.6. The molecule has 132 valence electrons. The van der Waals surface area contributed by atoms with Gasteiger partial charge in [0.1, 0.15) is 6.61 Å².